The molecule has 38 heavy (non-hydrogen) atoms. The summed E-state index contributed by atoms with van der Waals surface area (Å²) in [6.07, 6.45) is 0.0293. The maximum atomic E-state index is 13.4. The van der Waals surface area contributed by atoms with Crippen LogP contribution in [0.1, 0.15) is 18.9 Å². The van der Waals surface area contributed by atoms with E-state index >= 15 is 0 Å². The van der Waals surface area contributed by atoms with Gasteiger partial charge in [-0.25, -0.2) is 4.31 Å². The SMILES string of the molecule is COc1ccc(N(O)C(=O)CC2CN(C)C(=O)C(C)N2C(=O)CN(CCc2cccc(Cl)c2)S(=O)[O-])cc1. The van der Waals surface area contributed by atoms with E-state index in [1.165, 1.54) is 36.0 Å². The third-order valence-corrected chi connectivity index (χ3v) is 7.31. The topological polar surface area (TPSA) is 134 Å². The summed E-state index contributed by atoms with van der Waals surface area (Å²) in [5.74, 6) is -1.12. The van der Waals surface area contributed by atoms with Crippen molar-refractivity contribution in [2.45, 2.75) is 31.8 Å². The molecular weight excluding hydrogens is 536 g/mol. The number of amides is 3. The first-order valence-corrected chi connectivity index (χ1v) is 13.2. The van der Waals surface area contributed by atoms with Gasteiger partial charge in [0.05, 0.1) is 31.8 Å². The van der Waals surface area contributed by atoms with Gasteiger partial charge in [-0.05, 0) is 55.3 Å². The van der Waals surface area contributed by atoms with E-state index in [-0.39, 0.29) is 31.1 Å². The fraction of sp³-hybridized carbons (Fsp3) is 0.400. The van der Waals surface area contributed by atoms with Gasteiger partial charge >= 0.3 is 0 Å². The minimum Gasteiger partial charge on any atom is -0.760 e. The molecule has 1 aliphatic heterocycles. The van der Waals surface area contributed by atoms with Crippen molar-refractivity contribution in [2.24, 2.45) is 0 Å². The Labute approximate surface area is 228 Å². The van der Waals surface area contributed by atoms with Crippen molar-refractivity contribution >= 4 is 46.3 Å². The van der Waals surface area contributed by atoms with E-state index < -0.39 is 41.7 Å². The monoisotopic (exact) mass is 565 g/mol. The van der Waals surface area contributed by atoms with Crippen molar-refractivity contribution in [1.82, 2.24) is 14.1 Å². The van der Waals surface area contributed by atoms with Gasteiger partial charge in [-0.1, -0.05) is 23.7 Å². The predicted octanol–water partition coefficient (Wildman–Crippen LogP) is 1.86. The molecule has 3 amide bonds. The average Bonchev–Trinajstić information content (AvgIpc) is 2.89. The number of likely N-dealkylation sites (N-methyl/N-ethyl adjacent to an activating group) is 1. The summed E-state index contributed by atoms with van der Waals surface area (Å²) in [5.41, 5.74) is 1.00. The van der Waals surface area contributed by atoms with E-state index in [9.17, 15) is 28.4 Å². The van der Waals surface area contributed by atoms with Gasteiger partial charge in [0.15, 0.2) is 0 Å². The van der Waals surface area contributed by atoms with Crippen molar-refractivity contribution in [1.29, 1.82) is 0 Å². The van der Waals surface area contributed by atoms with E-state index in [1.807, 2.05) is 0 Å². The number of hydrogen-bond acceptors (Lipinski definition) is 7. The second-order valence-electron chi connectivity index (χ2n) is 8.92. The number of halogens is 1. The summed E-state index contributed by atoms with van der Waals surface area (Å²) in [6.45, 7) is 1.08. The molecule has 206 valence electrons. The second-order valence-corrected chi connectivity index (χ2v) is 10.3. The number of hydroxylamine groups is 1. The van der Waals surface area contributed by atoms with E-state index in [4.69, 9.17) is 16.3 Å². The Kier molecular flexibility index (Phi) is 10.2. The molecule has 3 atom stereocenters. The average molecular weight is 566 g/mol. The van der Waals surface area contributed by atoms with Gasteiger partial charge in [0.2, 0.25) is 11.8 Å². The van der Waals surface area contributed by atoms with Gasteiger partial charge in [0, 0.05) is 36.4 Å². The molecule has 3 unspecified atom stereocenters. The molecule has 1 N–H and O–H groups in total. The quantitative estimate of drug-likeness (QED) is 0.264. The summed E-state index contributed by atoms with van der Waals surface area (Å²) < 4.78 is 29.9. The van der Waals surface area contributed by atoms with Crippen LogP contribution in [-0.2, 0) is 32.1 Å². The van der Waals surface area contributed by atoms with Crippen LogP contribution in [-0.4, -0.2) is 91.7 Å². The largest absolute Gasteiger partial charge is 0.760 e. The van der Waals surface area contributed by atoms with Gasteiger partial charge in [0.1, 0.15) is 11.8 Å². The summed E-state index contributed by atoms with van der Waals surface area (Å²) in [4.78, 5) is 41.6. The number of benzene rings is 2. The minimum atomic E-state index is -2.71. The second kappa shape index (κ2) is 13.2. The lowest BCUT2D eigenvalue weighted by atomic mass is 10.0. The lowest BCUT2D eigenvalue weighted by Crippen LogP contribution is -2.63. The maximum Gasteiger partial charge on any atom is 0.252 e. The van der Waals surface area contributed by atoms with Crippen LogP contribution in [0.3, 0.4) is 0 Å². The number of methoxy groups -OCH3 is 1. The molecule has 1 aliphatic rings. The van der Waals surface area contributed by atoms with Crippen LogP contribution in [0.15, 0.2) is 48.5 Å². The third kappa shape index (κ3) is 7.29. The van der Waals surface area contributed by atoms with Crippen LogP contribution < -0.4 is 9.80 Å². The van der Waals surface area contributed by atoms with Gasteiger partial charge in [-0.3, -0.25) is 23.8 Å². The zero-order chi connectivity index (χ0) is 28.0. The van der Waals surface area contributed by atoms with Gasteiger partial charge < -0.3 is 19.1 Å². The number of carbonyl (C=O) groups is 3. The Morgan fingerprint density at radius 2 is 1.92 bits per heavy atom. The highest BCUT2D eigenvalue weighted by atomic mass is 35.5. The molecule has 11 nitrogen and oxygen atoms in total. The molecule has 1 fully saturated rings. The molecule has 0 aromatic heterocycles. The van der Waals surface area contributed by atoms with E-state index in [0.717, 1.165) is 9.87 Å². The van der Waals surface area contributed by atoms with Crippen molar-refractivity contribution in [3.05, 3.63) is 59.1 Å². The lowest BCUT2D eigenvalue weighted by molar-refractivity contribution is -0.155. The third-order valence-electron chi connectivity index (χ3n) is 6.34. The molecule has 2 aromatic rings. The molecule has 3 rings (SSSR count). The lowest BCUT2D eigenvalue weighted by Gasteiger charge is -2.44. The highest BCUT2D eigenvalue weighted by Crippen LogP contribution is 2.23. The molecule has 0 spiro atoms. The first kappa shape index (κ1) is 29.5. The van der Waals surface area contributed by atoms with Crippen LogP contribution >= 0.6 is 11.6 Å². The van der Waals surface area contributed by atoms with Crippen molar-refractivity contribution < 1.29 is 33.1 Å². The van der Waals surface area contributed by atoms with E-state index in [2.05, 4.69) is 0 Å². The van der Waals surface area contributed by atoms with E-state index in [1.54, 1.807) is 43.4 Å². The fourth-order valence-electron chi connectivity index (χ4n) is 4.37. The molecule has 0 bridgehead atoms. The highest BCUT2D eigenvalue weighted by Gasteiger charge is 2.41. The molecule has 0 saturated carbocycles. The Morgan fingerprint density at radius 3 is 2.53 bits per heavy atom. The first-order chi connectivity index (χ1) is 18.0. The zero-order valence-electron chi connectivity index (χ0n) is 21.3. The molecule has 1 heterocycles. The Morgan fingerprint density at radius 1 is 1.24 bits per heavy atom. The molecule has 0 radical (unpaired) electrons. The maximum absolute atomic E-state index is 13.4. The summed E-state index contributed by atoms with van der Waals surface area (Å²) >= 11 is 3.29. The molecule has 1 saturated heterocycles. The van der Waals surface area contributed by atoms with Gasteiger partial charge in [-0.15, -0.1) is 0 Å². The van der Waals surface area contributed by atoms with Gasteiger partial charge in [0.25, 0.3) is 5.91 Å². The van der Waals surface area contributed by atoms with Crippen molar-refractivity contribution in [3.63, 3.8) is 0 Å². The predicted molar refractivity (Wildman–Crippen MR) is 140 cm³/mol. The zero-order valence-corrected chi connectivity index (χ0v) is 22.9. The Bertz CT molecular complexity index is 1180. The van der Waals surface area contributed by atoms with Crippen LogP contribution in [0.5, 0.6) is 5.75 Å². The standard InChI is InChI=1S/C25H31ClN4O7S/c1-17-25(33)27(2)15-21(14-23(31)30(34)20-7-9-22(37-3)10-8-20)29(17)24(32)16-28(38(35)36)12-11-18-5-4-6-19(26)13-18/h4-10,13,17,21,34H,11-12,14-16H2,1-3H3,(H,35,36)/p-1. The summed E-state index contributed by atoms with van der Waals surface area (Å²) in [7, 11) is 3.05. The molecule has 2 aromatic carbocycles. The number of hydrogen-bond donors (Lipinski definition) is 1. The number of piperazine rings is 1. The van der Waals surface area contributed by atoms with Crippen LogP contribution in [0, 0.1) is 0 Å². The Hall–Kier alpha value is -3.03. The number of ether oxygens (including phenoxy) is 1. The number of anilines is 1. The number of nitrogens with zero attached hydrogens (tertiary/aromatic N) is 4. The number of rotatable bonds is 10. The first-order valence-electron chi connectivity index (χ1n) is 11.8. The van der Waals surface area contributed by atoms with Gasteiger partial charge in [-0.2, -0.15) is 5.06 Å². The highest BCUT2D eigenvalue weighted by molar-refractivity contribution is 7.76. The van der Waals surface area contributed by atoms with Crippen LogP contribution in [0.4, 0.5) is 5.69 Å². The summed E-state index contributed by atoms with van der Waals surface area (Å²) in [6, 6.07) is 11.4. The van der Waals surface area contributed by atoms with Crippen LogP contribution in [0.2, 0.25) is 5.02 Å². The van der Waals surface area contributed by atoms with Crippen molar-refractivity contribution in [2.75, 3.05) is 38.9 Å². The summed E-state index contributed by atoms with van der Waals surface area (Å²) in [5, 5.41) is 11.5. The fourth-order valence-corrected chi connectivity index (χ4v) is 5.04. The molecule has 0 aliphatic carbocycles. The van der Waals surface area contributed by atoms with Crippen molar-refractivity contribution in [3.8, 4) is 5.75 Å². The van der Waals surface area contributed by atoms with Crippen LogP contribution in [0.25, 0.3) is 0 Å². The van der Waals surface area contributed by atoms with E-state index in [0.29, 0.717) is 22.3 Å². The minimum absolute atomic E-state index is 0.0176. The molecular formula is C25H30ClN4O7S-. The molecule has 13 heteroatoms. The normalized spacial score (nSPS) is 18.4. The smallest absolute Gasteiger partial charge is 0.252 e. The Balaban J connectivity index is 1.74. The number of carbonyl (C=O) groups excluding carboxylic acids is 3.